The second kappa shape index (κ2) is 7.90. The van der Waals surface area contributed by atoms with Crippen LogP contribution < -0.4 is 4.74 Å². The summed E-state index contributed by atoms with van der Waals surface area (Å²) in [4.78, 5) is 5.03. The Hall–Kier alpha value is -2.42. The SMILES string of the molecule is COCC1(c2nc3c(c(-c4cccc(OC)c4)c2C#N)CCCC3)CCCO1. The van der Waals surface area contributed by atoms with Crippen LogP contribution >= 0.6 is 0 Å². The van der Waals surface area contributed by atoms with E-state index in [0.29, 0.717) is 18.8 Å². The van der Waals surface area contributed by atoms with Crippen LogP contribution in [0.2, 0.25) is 0 Å². The van der Waals surface area contributed by atoms with E-state index in [2.05, 4.69) is 12.1 Å². The van der Waals surface area contributed by atoms with Crippen LogP contribution in [0.15, 0.2) is 24.3 Å². The highest BCUT2D eigenvalue weighted by molar-refractivity contribution is 5.77. The highest BCUT2D eigenvalue weighted by Crippen LogP contribution is 2.43. The van der Waals surface area contributed by atoms with Gasteiger partial charge in [-0.05, 0) is 61.8 Å². The normalized spacial score (nSPS) is 21.2. The van der Waals surface area contributed by atoms with Gasteiger partial charge < -0.3 is 14.2 Å². The van der Waals surface area contributed by atoms with Gasteiger partial charge in [0.15, 0.2) is 0 Å². The Bertz CT molecular complexity index is 911. The Morgan fingerprint density at radius 3 is 2.79 bits per heavy atom. The first-order valence-corrected chi connectivity index (χ1v) is 9.96. The minimum atomic E-state index is -0.639. The average Bonchev–Trinajstić information content (AvgIpc) is 3.22. The van der Waals surface area contributed by atoms with Crippen LogP contribution in [0, 0.1) is 11.3 Å². The molecule has 0 bridgehead atoms. The average molecular weight is 378 g/mol. The Morgan fingerprint density at radius 2 is 2.07 bits per heavy atom. The van der Waals surface area contributed by atoms with Gasteiger partial charge in [0.1, 0.15) is 17.4 Å². The minimum Gasteiger partial charge on any atom is -0.497 e. The molecule has 5 nitrogen and oxygen atoms in total. The van der Waals surface area contributed by atoms with Crippen molar-refractivity contribution in [3.63, 3.8) is 0 Å². The maximum absolute atomic E-state index is 10.2. The summed E-state index contributed by atoms with van der Waals surface area (Å²) < 4.78 is 17.1. The summed E-state index contributed by atoms with van der Waals surface area (Å²) in [6.45, 7) is 1.08. The number of hydrogen-bond donors (Lipinski definition) is 0. The third kappa shape index (κ3) is 3.17. The van der Waals surface area contributed by atoms with E-state index in [1.165, 1.54) is 5.56 Å². The Morgan fingerprint density at radius 1 is 1.21 bits per heavy atom. The zero-order valence-electron chi connectivity index (χ0n) is 16.6. The highest BCUT2D eigenvalue weighted by Gasteiger charge is 2.42. The molecular formula is C23H26N2O3. The summed E-state index contributed by atoms with van der Waals surface area (Å²) in [5, 5.41) is 10.2. The van der Waals surface area contributed by atoms with Crippen molar-refractivity contribution in [2.75, 3.05) is 27.4 Å². The number of aryl methyl sites for hydroxylation is 1. The van der Waals surface area contributed by atoms with Gasteiger partial charge in [-0.1, -0.05) is 12.1 Å². The maximum atomic E-state index is 10.2. The van der Waals surface area contributed by atoms with Crippen molar-refractivity contribution >= 4 is 0 Å². The Balaban J connectivity index is 2.00. The first-order valence-electron chi connectivity index (χ1n) is 9.96. The molecule has 0 amide bonds. The molecule has 0 radical (unpaired) electrons. The topological polar surface area (TPSA) is 64.4 Å². The number of rotatable bonds is 5. The predicted octanol–water partition coefficient (Wildman–Crippen LogP) is 4.16. The van der Waals surface area contributed by atoms with Crippen molar-refractivity contribution in [3.8, 4) is 22.9 Å². The largest absolute Gasteiger partial charge is 0.497 e. The molecule has 1 fully saturated rings. The van der Waals surface area contributed by atoms with Crippen molar-refractivity contribution in [2.45, 2.75) is 44.1 Å². The summed E-state index contributed by atoms with van der Waals surface area (Å²) in [6.07, 6.45) is 5.90. The van der Waals surface area contributed by atoms with Crippen LogP contribution in [0.25, 0.3) is 11.1 Å². The van der Waals surface area contributed by atoms with Crippen LogP contribution in [0.1, 0.15) is 48.2 Å². The minimum absolute atomic E-state index is 0.408. The van der Waals surface area contributed by atoms with Gasteiger partial charge in [0, 0.05) is 25.0 Å². The maximum Gasteiger partial charge on any atom is 0.134 e. The predicted molar refractivity (Wildman–Crippen MR) is 106 cm³/mol. The van der Waals surface area contributed by atoms with Gasteiger partial charge in [0.2, 0.25) is 0 Å². The zero-order chi connectivity index (χ0) is 19.6. The van der Waals surface area contributed by atoms with Gasteiger partial charge in [0.05, 0.1) is 25.0 Å². The number of nitrogens with zero attached hydrogens (tertiary/aromatic N) is 2. The molecule has 5 heteroatoms. The van der Waals surface area contributed by atoms with Crippen LogP contribution in [0.5, 0.6) is 5.75 Å². The van der Waals surface area contributed by atoms with Crippen molar-refractivity contribution in [2.24, 2.45) is 0 Å². The molecule has 1 saturated heterocycles. The molecule has 1 aliphatic carbocycles. The molecule has 1 aromatic carbocycles. The number of nitriles is 1. The number of aromatic nitrogens is 1. The lowest BCUT2D eigenvalue weighted by Crippen LogP contribution is -2.34. The van der Waals surface area contributed by atoms with E-state index < -0.39 is 5.60 Å². The lowest BCUT2D eigenvalue weighted by Gasteiger charge is -2.31. The molecule has 0 saturated carbocycles. The second-order valence-electron chi connectivity index (χ2n) is 7.57. The van der Waals surface area contributed by atoms with E-state index in [-0.39, 0.29) is 0 Å². The number of benzene rings is 1. The van der Waals surface area contributed by atoms with E-state index in [9.17, 15) is 5.26 Å². The van der Waals surface area contributed by atoms with Crippen LogP contribution in [0.3, 0.4) is 0 Å². The molecule has 146 valence electrons. The fourth-order valence-corrected chi connectivity index (χ4v) is 4.58. The van der Waals surface area contributed by atoms with Gasteiger partial charge in [-0.3, -0.25) is 4.98 Å². The molecule has 2 aromatic rings. The number of pyridine rings is 1. The number of fused-ring (bicyclic) bond motifs is 1. The lowest BCUT2D eigenvalue weighted by molar-refractivity contribution is -0.0592. The first kappa shape index (κ1) is 18.9. The fourth-order valence-electron chi connectivity index (χ4n) is 4.58. The van der Waals surface area contributed by atoms with E-state index in [1.807, 2.05) is 18.2 Å². The van der Waals surface area contributed by atoms with E-state index in [0.717, 1.165) is 66.8 Å². The summed E-state index contributed by atoms with van der Waals surface area (Å²) in [6, 6.07) is 10.4. The smallest absolute Gasteiger partial charge is 0.134 e. The lowest BCUT2D eigenvalue weighted by atomic mass is 9.82. The molecule has 1 unspecified atom stereocenters. The molecule has 28 heavy (non-hydrogen) atoms. The number of hydrogen-bond acceptors (Lipinski definition) is 5. The molecule has 4 rings (SSSR count). The number of methoxy groups -OCH3 is 2. The summed E-state index contributed by atoms with van der Waals surface area (Å²) in [5.74, 6) is 0.785. The molecular weight excluding hydrogens is 352 g/mol. The first-order chi connectivity index (χ1) is 13.7. The third-order valence-corrected chi connectivity index (χ3v) is 5.86. The third-order valence-electron chi connectivity index (χ3n) is 5.86. The van der Waals surface area contributed by atoms with Gasteiger partial charge in [-0.15, -0.1) is 0 Å². The highest BCUT2D eigenvalue weighted by atomic mass is 16.5. The quantitative estimate of drug-likeness (QED) is 0.782. The Labute approximate surface area is 166 Å². The molecule has 0 spiro atoms. The van der Waals surface area contributed by atoms with Crippen molar-refractivity contribution in [1.29, 1.82) is 5.26 Å². The summed E-state index contributed by atoms with van der Waals surface area (Å²) in [7, 11) is 3.34. The van der Waals surface area contributed by atoms with Crippen LogP contribution in [0.4, 0.5) is 0 Å². The summed E-state index contributed by atoms with van der Waals surface area (Å²) in [5.41, 5.74) is 5.02. The summed E-state index contributed by atoms with van der Waals surface area (Å²) >= 11 is 0. The van der Waals surface area contributed by atoms with Crippen molar-refractivity contribution in [3.05, 3.63) is 46.8 Å². The molecule has 2 aliphatic rings. The van der Waals surface area contributed by atoms with Gasteiger partial charge in [-0.25, -0.2) is 0 Å². The van der Waals surface area contributed by atoms with Crippen LogP contribution in [-0.4, -0.2) is 32.4 Å². The molecule has 1 atom stereocenters. The van der Waals surface area contributed by atoms with Crippen molar-refractivity contribution in [1.82, 2.24) is 4.98 Å². The fraction of sp³-hybridized carbons (Fsp3) is 0.478. The van der Waals surface area contributed by atoms with Crippen LogP contribution in [-0.2, 0) is 27.9 Å². The number of ether oxygens (including phenoxy) is 3. The van der Waals surface area contributed by atoms with E-state index in [4.69, 9.17) is 19.2 Å². The van der Waals surface area contributed by atoms with E-state index >= 15 is 0 Å². The van der Waals surface area contributed by atoms with Crippen molar-refractivity contribution < 1.29 is 14.2 Å². The molecule has 2 heterocycles. The van der Waals surface area contributed by atoms with E-state index in [1.54, 1.807) is 14.2 Å². The molecule has 0 N–H and O–H groups in total. The second-order valence-corrected chi connectivity index (χ2v) is 7.57. The molecule has 1 aromatic heterocycles. The molecule has 1 aliphatic heterocycles. The zero-order valence-corrected chi connectivity index (χ0v) is 16.6. The van der Waals surface area contributed by atoms with Gasteiger partial charge >= 0.3 is 0 Å². The monoisotopic (exact) mass is 378 g/mol. The van der Waals surface area contributed by atoms with Gasteiger partial charge in [-0.2, -0.15) is 5.26 Å². The van der Waals surface area contributed by atoms with Gasteiger partial charge in [0.25, 0.3) is 0 Å². The Kier molecular flexibility index (Phi) is 5.34. The standard InChI is InChI=1S/C23H26N2O3/c1-26-15-23(11-6-12-28-23)22-19(14-24)21(16-7-5-8-17(13-16)27-2)18-9-3-4-10-20(18)25-22/h5,7-8,13H,3-4,6,9-12,15H2,1-2H3.